The molecule has 3 rings (SSSR count). The molecule has 0 atom stereocenters. The summed E-state index contributed by atoms with van der Waals surface area (Å²) in [5, 5.41) is 7.07. The van der Waals surface area contributed by atoms with Gasteiger partial charge < -0.3 is 4.74 Å². The van der Waals surface area contributed by atoms with Gasteiger partial charge in [-0.1, -0.05) is 16.8 Å². The molecule has 25 heavy (non-hydrogen) atoms. The lowest BCUT2D eigenvalue weighted by Crippen LogP contribution is -2.11. The highest BCUT2D eigenvalue weighted by Gasteiger charge is 2.35. The monoisotopic (exact) mass is 370 g/mol. The van der Waals surface area contributed by atoms with Gasteiger partial charge >= 0.3 is 12.2 Å². The fourth-order valence-corrected chi connectivity index (χ4v) is 2.04. The summed E-state index contributed by atoms with van der Waals surface area (Å²) >= 11 is 5.54. The van der Waals surface area contributed by atoms with E-state index in [-0.39, 0.29) is 18.4 Å². The summed E-state index contributed by atoms with van der Waals surface area (Å²) in [6, 6.07) is 2.56. The number of rotatable bonds is 4. The van der Waals surface area contributed by atoms with E-state index >= 15 is 0 Å². The zero-order chi connectivity index (χ0) is 18.0. The van der Waals surface area contributed by atoms with Gasteiger partial charge in [-0.15, -0.1) is 5.10 Å². The van der Waals surface area contributed by atoms with Gasteiger partial charge in [-0.25, -0.2) is 19.6 Å². The normalized spacial score (nSPS) is 11.6. The first-order chi connectivity index (χ1) is 11.8. The Kier molecular flexibility index (Phi) is 4.53. The van der Waals surface area contributed by atoms with Crippen molar-refractivity contribution in [3.8, 4) is 11.8 Å². The van der Waals surface area contributed by atoms with Crippen molar-refractivity contribution >= 4 is 11.6 Å². The van der Waals surface area contributed by atoms with Gasteiger partial charge in [0.05, 0.1) is 11.2 Å². The molecule has 7 nitrogen and oxygen atoms in total. The van der Waals surface area contributed by atoms with Crippen LogP contribution in [-0.2, 0) is 12.8 Å². The number of hydrogen-bond donors (Lipinski definition) is 0. The summed E-state index contributed by atoms with van der Waals surface area (Å²) < 4.78 is 45.0. The van der Waals surface area contributed by atoms with Crippen LogP contribution in [0.25, 0.3) is 5.82 Å². The van der Waals surface area contributed by atoms with E-state index in [1.54, 1.807) is 12.4 Å². The summed E-state index contributed by atoms with van der Waals surface area (Å²) in [4.78, 5) is 11.4. The molecule has 0 N–H and O–H groups in total. The molecule has 0 fully saturated rings. The third-order valence-corrected chi connectivity index (χ3v) is 3.29. The number of nitrogens with zero attached hydrogens (tertiary/aromatic N) is 6. The molecule has 0 aliphatic heterocycles. The maximum Gasteiger partial charge on any atom is 0.434 e. The van der Waals surface area contributed by atoms with E-state index in [2.05, 4.69) is 25.3 Å². The molecule has 3 heterocycles. The van der Waals surface area contributed by atoms with Crippen LogP contribution >= 0.6 is 11.6 Å². The predicted molar refractivity (Wildman–Crippen MR) is 80.3 cm³/mol. The van der Waals surface area contributed by atoms with Gasteiger partial charge in [-0.3, -0.25) is 0 Å². The van der Waals surface area contributed by atoms with E-state index < -0.39 is 16.9 Å². The lowest BCUT2D eigenvalue weighted by atomic mass is 10.3. The number of halogens is 4. The van der Waals surface area contributed by atoms with Crippen LogP contribution in [0.3, 0.4) is 0 Å². The predicted octanol–water partition coefficient (Wildman–Crippen LogP) is 3.01. The highest BCUT2D eigenvalue weighted by Crippen LogP contribution is 2.33. The molecule has 3 aromatic heterocycles. The van der Waals surface area contributed by atoms with Crippen molar-refractivity contribution in [2.45, 2.75) is 19.7 Å². The summed E-state index contributed by atoms with van der Waals surface area (Å²) in [5.41, 5.74) is 0.0649. The molecule has 0 saturated carbocycles. The third-order valence-electron chi connectivity index (χ3n) is 2.98. The molecule has 130 valence electrons. The van der Waals surface area contributed by atoms with Gasteiger partial charge in [-0.05, 0) is 24.6 Å². The highest BCUT2D eigenvalue weighted by molar-refractivity contribution is 6.31. The topological polar surface area (TPSA) is 78.6 Å². The maximum absolute atomic E-state index is 12.9. The average Bonchev–Trinajstić information content (AvgIpc) is 3.03. The van der Waals surface area contributed by atoms with Crippen molar-refractivity contribution in [1.29, 1.82) is 0 Å². The van der Waals surface area contributed by atoms with E-state index in [1.807, 2.05) is 6.92 Å². The number of pyridine rings is 1. The first-order valence-electron chi connectivity index (χ1n) is 6.90. The van der Waals surface area contributed by atoms with E-state index in [9.17, 15) is 13.2 Å². The Bertz CT molecular complexity index is 881. The largest absolute Gasteiger partial charge is 0.457 e. The Morgan fingerprint density at radius 3 is 2.60 bits per heavy atom. The van der Waals surface area contributed by atoms with E-state index in [0.717, 1.165) is 16.3 Å². The molecule has 0 aliphatic carbocycles. The molecular formula is C14H10ClF3N6O. The SMILES string of the molecule is Cc1cnc(OCc2cn(-c3ccc(Cl)c(C(F)(F)F)n3)nn2)nc1. The minimum Gasteiger partial charge on any atom is -0.457 e. The van der Waals surface area contributed by atoms with Crippen molar-refractivity contribution in [2.24, 2.45) is 0 Å². The smallest absolute Gasteiger partial charge is 0.434 e. The Morgan fingerprint density at radius 2 is 1.92 bits per heavy atom. The van der Waals surface area contributed by atoms with Gasteiger partial charge in [-0.2, -0.15) is 13.2 Å². The second-order valence-corrected chi connectivity index (χ2v) is 5.39. The molecule has 0 aromatic carbocycles. The minimum absolute atomic E-state index is 0.00276. The van der Waals surface area contributed by atoms with Crippen LogP contribution in [0, 0.1) is 6.92 Å². The quantitative estimate of drug-likeness (QED) is 0.702. The van der Waals surface area contributed by atoms with Crippen LogP contribution < -0.4 is 4.74 Å². The van der Waals surface area contributed by atoms with Crippen molar-refractivity contribution in [3.05, 3.63) is 52.7 Å². The molecular weight excluding hydrogens is 361 g/mol. The minimum atomic E-state index is -4.66. The molecule has 11 heteroatoms. The number of aryl methyl sites for hydroxylation is 1. The molecule has 0 amide bonds. The van der Waals surface area contributed by atoms with E-state index in [1.165, 1.54) is 12.3 Å². The molecule has 3 aromatic rings. The molecule has 0 radical (unpaired) electrons. The van der Waals surface area contributed by atoms with Gasteiger partial charge in [0.2, 0.25) is 0 Å². The van der Waals surface area contributed by atoms with Crippen LogP contribution in [0.4, 0.5) is 13.2 Å². The second kappa shape index (κ2) is 6.63. The first kappa shape index (κ1) is 17.1. The maximum atomic E-state index is 12.9. The van der Waals surface area contributed by atoms with Gasteiger partial charge in [0.25, 0.3) is 0 Å². The molecule has 0 aliphatic rings. The summed E-state index contributed by atoms with van der Waals surface area (Å²) in [6.45, 7) is 1.84. The number of aromatic nitrogens is 6. The number of ether oxygens (including phenoxy) is 1. The second-order valence-electron chi connectivity index (χ2n) is 4.98. The number of alkyl halides is 3. The van der Waals surface area contributed by atoms with Crippen molar-refractivity contribution in [2.75, 3.05) is 0 Å². The van der Waals surface area contributed by atoms with Crippen LogP contribution in [0.2, 0.25) is 5.02 Å². The van der Waals surface area contributed by atoms with Crippen LogP contribution in [0.5, 0.6) is 6.01 Å². The summed E-state index contributed by atoms with van der Waals surface area (Å²) in [7, 11) is 0. The van der Waals surface area contributed by atoms with Gasteiger partial charge in [0.1, 0.15) is 12.3 Å². The van der Waals surface area contributed by atoms with Crippen molar-refractivity contribution < 1.29 is 17.9 Å². The van der Waals surface area contributed by atoms with Crippen LogP contribution in [0.1, 0.15) is 17.0 Å². The van der Waals surface area contributed by atoms with Crippen LogP contribution in [0.15, 0.2) is 30.7 Å². The fourth-order valence-electron chi connectivity index (χ4n) is 1.83. The fraction of sp³-hybridized carbons (Fsp3) is 0.214. The first-order valence-corrected chi connectivity index (χ1v) is 7.27. The third kappa shape index (κ3) is 4.02. The summed E-state index contributed by atoms with van der Waals surface area (Å²) in [6.07, 6.45) is -0.0854. The highest BCUT2D eigenvalue weighted by atomic mass is 35.5. The summed E-state index contributed by atoms with van der Waals surface area (Å²) in [5.74, 6) is -0.0675. The average molecular weight is 371 g/mol. The standard InChI is InChI=1S/C14H10ClF3N6O/c1-8-4-19-13(20-5-8)25-7-9-6-24(23-22-9)11-3-2-10(15)12(21-11)14(16,17)18/h2-6H,7H2,1H3. The lowest BCUT2D eigenvalue weighted by molar-refractivity contribution is -0.141. The zero-order valence-corrected chi connectivity index (χ0v) is 13.5. The molecule has 0 spiro atoms. The Labute approximate surface area is 144 Å². The van der Waals surface area contributed by atoms with Crippen molar-refractivity contribution in [3.63, 3.8) is 0 Å². The Hall–Kier alpha value is -2.75. The van der Waals surface area contributed by atoms with E-state index in [0.29, 0.717) is 5.69 Å². The van der Waals surface area contributed by atoms with Gasteiger partial charge in [0, 0.05) is 12.4 Å². The number of hydrogen-bond acceptors (Lipinski definition) is 6. The van der Waals surface area contributed by atoms with Crippen molar-refractivity contribution in [1.82, 2.24) is 29.9 Å². The molecule has 0 saturated heterocycles. The Morgan fingerprint density at radius 1 is 1.20 bits per heavy atom. The molecule has 0 unspecified atom stereocenters. The van der Waals surface area contributed by atoms with E-state index in [4.69, 9.17) is 16.3 Å². The van der Waals surface area contributed by atoms with Crippen LogP contribution in [-0.4, -0.2) is 29.9 Å². The zero-order valence-electron chi connectivity index (χ0n) is 12.7. The van der Waals surface area contributed by atoms with Gasteiger partial charge in [0.15, 0.2) is 11.5 Å². The Balaban J connectivity index is 1.76. The lowest BCUT2D eigenvalue weighted by Gasteiger charge is -2.09. The molecule has 0 bridgehead atoms.